The zero-order chi connectivity index (χ0) is 13.0. The third-order valence-electron chi connectivity index (χ3n) is 3.06. The Balaban J connectivity index is 2.15. The number of nitrogens with one attached hydrogen (secondary N) is 1. The maximum Gasteiger partial charge on any atom is 0.169 e. The Kier molecular flexibility index (Phi) is 4.52. The van der Waals surface area contributed by atoms with Crippen molar-refractivity contribution in [1.29, 1.82) is 0 Å². The lowest BCUT2D eigenvalue weighted by Crippen LogP contribution is -2.24. The van der Waals surface area contributed by atoms with E-state index in [2.05, 4.69) is 5.32 Å². The maximum atomic E-state index is 14.1. The van der Waals surface area contributed by atoms with Crippen LogP contribution in [0.15, 0.2) is 18.2 Å². The van der Waals surface area contributed by atoms with Gasteiger partial charge in [0.1, 0.15) is 0 Å². The van der Waals surface area contributed by atoms with Crippen LogP contribution in [-0.2, 0) is 9.47 Å². The second kappa shape index (κ2) is 6.13. The van der Waals surface area contributed by atoms with Crippen LogP contribution in [0.3, 0.4) is 0 Å². The minimum Gasteiger partial charge on any atom is -0.494 e. The van der Waals surface area contributed by atoms with Crippen LogP contribution in [0.25, 0.3) is 0 Å². The molecule has 1 unspecified atom stereocenters. The van der Waals surface area contributed by atoms with E-state index in [0.717, 1.165) is 0 Å². The molecule has 0 saturated carbocycles. The van der Waals surface area contributed by atoms with E-state index in [9.17, 15) is 4.39 Å². The molecule has 0 amide bonds. The third kappa shape index (κ3) is 2.80. The molecule has 2 rings (SSSR count). The van der Waals surface area contributed by atoms with Crippen molar-refractivity contribution in [3.05, 3.63) is 29.6 Å². The summed E-state index contributed by atoms with van der Waals surface area (Å²) >= 11 is 0. The third-order valence-corrected chi connectivity index (χ3v) is 3.06. The zero-order valence-corrected chi connectivity index (χ0v) is 10.6. The van der Waals surface area contributed by atoms with Gasteiger partial charge in [-0.15, -0.1) is 0 Å². The van der Waals surface area contributed by atoms with Crippen molar-refractivity contribution < 1.29 is 18.6 Å². The Morgan fingerprint density at radius 1 is 1.44 bits per heavy atom. The van der Waals surface area contributed by atoms with Crippen molar-refractivity contribution in [2.24, 2.45) is 0 Å². The van der Waals surface area contributed by atoms with Crippen LogP contribution >= 0.6 is 0 Å². The van der Waals surface area contributed by atoms with Gasteiger partial charge in [0.2, 0.25) is 0 Å². The van der Waals surface area contributed by atoms with E-state index < -0.39 is 0 Å². The van der Waals surface area contributed by atoms with Crippen LogP contribution in [0, 0.1) is 5.82 Å². The molecule has 0 aliphatic carbocycles. The smallest absolute Gasteiger partial charge is 0.169 e. The number of hydrogen-bond acceptors (Lipinski definition) is 4. The van der Waals surface area contributed by atoms with Crippen LogP contribution in [-0.4, -0.2) is 33.7 Å². The van der Waals surface area contributed by atoms with Gasteiger partial charge in [-0.05, 0) is 13.1 Å². The molecule has 1 aliphatic rings. The normalized spacial score (nSPS) is 17.9. The summed E-state index contributed by atoms with van der Waals surface area (Å²) in [5.41, 5.74) is 0.566. The fraction of sp³-hybridized carbons (Fsp3) is 0.538. The fourth-order valence-electron chi connectivity index (χ4n) is 2.09. The predicted molar refractivity (Wildman–Crippen MR) is 65.1 cm³/mol. The minimum atomic E-state index is -0.336. The van der Waals surface area contributed by atoms with Gasteiger partial charge in [-0.1, -0.05) is 12.1 Å². The molecule has 0 bridgehead atoms. The van der Waals surface area contributed by atoms with Gasteiger partial charge in [-0.25, -0.2) is 4.39 Å². The quantitative estimate of drug-likeness (QED) is 0.871. The first-order chi connectivity index (χ1) is 8.76. The Morgan fingerprint density at radius 3 is 2.78 bits per heavy atom. The summed E-state index contributed by atoms with van der Waals surface area (Å²) in [5, 5.41) is 3.08. The monoisotopic (exact) mass is 255 g/mol. The molecule has 1 fully saturated rings. The van der Waals surface area contributed by atoms with E-state index in [1.165, 1.54) is 7.11 Å². The largest absolute Gasteiger partial charge is 0.494 e. The highest BCUT2D eigenvalue weighted by atomic mass is 19.1. The van der Waals surface area contributed by atoms with Crippen molar-refractivity contribution in [2.45, 2.75) is 18.8 Å². The Labute approximate surface area is 106 Å². The number of benzene rings is 1. The molecule has 5 heteroatoms. The average molecular weight is 255 g/mol. The Hall–Kier alpha value is -1.17. The van der Waals surface area contributed by atoms with E-state index in [1.807, 2.05) is 0 Å². The van der Waals surface area contributed by atoms with Crippen LogP contribution in [0.5, 0.6) is 5.75 Å². The summed E-state index contributed by atoms with van der Waals surface area (Å²) in [6.45, 7) is 1.20. The van der Waals surface area contributed by atoms with Gasteiger partial charge in [-0.2, -0.15) is 0 Å². The van der Waals surface area contributed by atoms with E-state index in [4.69, 9.17) is 14.2 Å². The van der Waals surface area contributed by atoms with E-state index >= 15 is 0 Å². The summed E-state index contributed by atoms with van der Waals surface area (Å²) in [7, 11) is 3.25. The number of hydrogen-bond donors (Lipinski definition) is 1. The predicted octanol–water partition coefficient (Wildman–Crippen LogP) is 1.86. The van der Waals surface area contributed by atoms with Crippen LogP contribution in [0.4, 0.5) is 4.39 Å². The minimum absolute atomic E-state index is 0.164. The van der Waals surface area contributed by atoms with Gasteiger partial charge in [0.05, 0.1) is 20.3 Å². The Morgan fingerprint density at radius 2 is 2.17 bits per heavy atom. The second-order valence-corrected chi connectivity index (χ2v) is 4.11. The van der Waals surface area contributed by atoms with E-state index in [0.29, 0.717) is 25.2 Å². The molecule has 1 saturated heterocycles. The van der Waals surface area contributed by atoms with E-state index in [1.54, 1.807) is 25.2 Å². The molecule has 0 radical (unpaired) electrons. The molecule has 1 N–H and O–H groups in total. The van der Waals surface area contributed by atoms with E-state index in [-0.39, 0.29) is 23.9 Å². The SMILES string of the molecule is CNC(CC1OCCO1)c1cccc(OC)c1F. The van der Waals surface area contributed by atoms with Gasteiger partial charge >= 0.3 is 0 Å². The van der Waals surface area contributed by atoms with Crippen LogP contribution in [0.1, 0.15) is 18.0 Å². The lowest BCUT2D eigenvalue weighted by Gasteiger charge is -2.21. The van der Waals surface area contributed by atoms with Crippen LogP contribution < -0.4 is 10.1 Å². The second-order valence-electron chi connectivity index (χ2n) is 4.11. The van der Waals surface area contributed by atoms with Gasteiger partial charge in [0.15, 0.2) is 17.9 Å². The first-order valence-corrected chi connectivity index (χ1v) is 5.99. The molecule has 1 aromatic rings. The molecule has 1 aromatic carbocycles. The molecule has 1 atom stereocenters. The number of ether oxygens (including phenoxy) is 3. The number of methoxy groups -OCH3 is 1. The van der Waals surface area contributed by atoms with Gasteiger partial charge in [0, 0.05) is 18.0 Å². The fourth-order valence-corrected chi connectivity index (χ4v) is 2.09. The van der Waals surface area contributed by atoms with Gasteiger partial charge < -0.3 is 19.5 Å². The summed E-state index contributed by atoms with van der Waals surface area (Å²) in [4.78, 5) is 0. The summed E-state index contributed by atoms with van der Waals surface area (Å²) in [5.74, 6) is -0.0849. The molecular formula is C13H18FNO3. The lowest BCUT2D eigenvalue weighted by atomic mass is 10.0. The first kappa shape index (κ1) is 13.3. The zero-order valence-electron chi connectivity index (χ0n) is 10.6. The highest BCUT2D eigenvalue weighted by Gasteiger charge is 2.24. The van der Waals surface area contributed by atoms with Crippen molar-refractivity contribution in [3.8, 4) is 5.75 Å². The molecule has 0 aromatic heterocycles. The molecule has 1 heterocycles. The number of rotatable bonds is 5. The van der Waals surface area contributed by atoms with Crippen LogP contribution in [0.2, 0.25) is 0 Å². The molecule has 4 nitrogen and oxygen atoms in total. The van der Waals surface area contributed by atoms with Gasteiger partial charge in [0.25, 0.3) is 0 Å². The topological polar surface area (TPSA) is 39.7 Å². The molecule has 1 aliphatic heterocycles. The van der Waals surface area contributed by atoms with Gasteiger partial charge in [-0.3, -0.25) is 0 Å². The maximum absolute atomic E-state index is 14.1. The molecular weight excluding hydrogens is 237 g/mol. The summed E-state index contributed by atoms with van der Waals surface area (Å²) in [6.07, 6.45) is 0.300. The summed E-state index contributed by atoms with van der Waals surface area (Å²) < 4.78 is 29.9. The van der Waals surface area contributed by atoms with Crippen molar-refractivity contribution in [2.75, 3.05) is 27.4 Å². The standard InChI is InChI=1S/C13H18FNO3/c1-15-10(8-12-17-6-7-18-12)9-4-3-5-11(16-2)13(9)14/h3-5,10,12,15H,6-8H2,1-2H3. The Bertz CT molecular complexity index is 394. The highest BCUT2D eigenvalue weighted by Crippen LogP contribution is 2.28. The molecule has 0 spiro atoms. The highest BCUT2D eigenvalue weighted by molar-refractivity contribution is 5.33. The lowest BCUT2D eigenvalue weighted by molar-refractivity contribution is -0.0527. The average Bonchev–Trinajstić information content (AvgIpc) is 2.89. The first-order valence-electron chi connectivity index (χ1n) is 5.99. The molecule has 18 heavy (non-hydrogen) atoms. The van der Waals surface area contributed by atoms with Crippen molar-refractivity contribution in [1.82, 2.24) is 5.32 Å². The van der Waals surface area contributed by atoms with Crippen molar-refractivity contribution >= 4 is 0 Å². The molecule has 100 valence electrons. The number of halogens is 1. The summed E-state index contributed by atoms with van der Waals surface area (Å²) in [6, 6.07) is 4.96. The van der Waals surface area contributed by atoms with Crippen molar-refractivity contribution in [3.63, 3.8) is 0 Å².